The molecule has 1 aromatic heterocycles. The molecule has 0 saturated heterocycles. The molecule has 8 heteroatoms. The monoisotopic (exact) mass is 371 g/mol. The molecule has 0 spiro atoms. The molecule has 0 bridgehead atoms. The maximum Gasteiger partial charge on any atom is 0.419 e. The Kier molecular flexibility index (Phi) is 5.65. The van der Waals surface area contributed by atoms with E-state index in [0.29, 0.717) is 29.6 Å². The molecule has 27 heavy (non-hydrogen) atoms. The van der Waals surface area contributed by atoms with Gasteiger partial charge < -0.3 is 4.42 Å². The molecule has 0 radical (unpaired) electrons. The topological polar surface area (TPSA) is 93.3 Å². The number of hydrazine groups is 1. The van der Waals surface area contributed by atoms with Crippen LogP contribution < -0.4 is 16.6 Å². The number of nitrogens with zero attached hydrogens (tertiary/aromatic N) is 1. The standard InChI is InChI=1S/C19H18FN3O4/c20-14-9-7-13(8-10-14)12-18(25)22-21-17(24)6-3-11-23-15-4-1-2-5-16(15)27-19(23)26/h1-2,4-5,7-10H,3,6,11-12H2,(H,21,24)(H,22,25). The number of aromatic nitrogens is 1. The van der Waals surface area contributed by atoms with Crippen LogP contribution in [0.1, 0.15) is 18.4 Å². The van der Waals surface area contributed by atoms with Crippen molar-refractivity contribution in [3.8, 4) is 0 Å². The number of hydrogen-bond acceptors (Lipinski definition) is 4. The average molecular weight is 371 g/mol. The smallest absolute Gasteiger partial charge is 0.408 e. The molecule has 7 nitrogen and oxygen atoms in total. The Hall–Kier alpha value is -3.42. The summed E-state index contributed by atoms with van der Waals surface area (Å²) in [5, 5.41) is 0. The summed E-state index contributed by atoms with van der Waals surface area (Å²) >= 11 is 0. The van der Waals surface area contributed by atoms with Crippen LogP contribution in [0.3, 0.4) is 0 Å². The highest BCUT2D eigenvalue weighted by atomic mass is 19.1. The van der Waals surface area contributed by atoms with Gasteiger partial charge in [0.15, 0.2) is 5.58 Å². The van der Waals surface area contributed by atoms with Gasteiger partial charge >= 0.3 is 5.76 Å². The molecule has 0 aliphatic carbocycles. The summed E-state index contributed by atoms with van der Waals surface area (Å²) in [6.45, 7) is 0.326. The van der Waals surface area contributed by atoms with Gasteiger partial charge in [-0.1, -0.05) is 24.3 Å². The summed E-state index contributed by atoms with van der Waals surface area (Å²) in [5.41, 5.74) is 6.44. The van der Waals surface area contributed by atoms with Gasteiger partial charge in [0.05, 0.1) is 11.9 Å². The van der Waals surface area contributed by atoms with Gasteiger partial charge in [-0.15, -0.1) is 0 Å². The molecule has 0 saturated carbocycles. The number of aryl methyl sites for hydroxylation is 1. The van der Waals surface area contributed by atoms with Crippen LogP contribution in [0.15, 0.2) is 57.7 Å². The van der Waals surface area contributed by atoms with E-state index in [0.717, 1.165) is 0 Å². The number of oxazole rings is 1. The molecule has 1 heterocycles. The first-order valence-electron chi connectivity index (χ1n) is 8.43. The van der Waals surface area contributed by atoms with Crippen LogP contribution >= 0.6 is 0 Å². The third kappa shape index (κ3) is 4.81. The number of hydrogen-bond donors (Lipinski definition) is 2. The fourth-order valence-corrected chi connectivity index (χ4v) is 2.66. The van der Waals surface area contributed by atoms with Gasteiger partial charge in [0.25, 0.3) is 0 Å². The Bertz CT molecular complexity index is 1010. The minimum atomic E-state index is -0.468. The number of carbonyl (C=O) groups is 2. The lowest BCUT2D eigenvalue weighted by Crippen LogP contribution is -2.42. The molecule has 0 fully saturated rings. The highest BCUT2D eigenvalue weighted by molar-refractivity contribution is 5.83. The van der Waals surface area contributed by atoms with Crippen LogP contribution in [-0.2, 0) is 22.6 Å². The van der Waals surface area contributed by atoms with Crippen molar-refractivity contribution < 1.29 is 18.4 Å². The zero-order chi connectivity index (χ0) is 19.2. The molecule has 3 rings (SSSR count). The van der Waals surface area contributed by atoms with Crippen LogP contribution in [0.5, 0.6) is 0 Å². The number of halogens is 1. The summed E-state index contributed by atoms with van der Waals surface area (Å²) in [7, 11) is 0. The highest BCUT2D eigenvalue weighted by Crippen LogP contribution is 2.12. The summed E-state index contributed by atoms with van der Waals surface area (Å²) in [6, 6.07) is 12.6. The summed E-state index contributed by atoms with van der Waals surface area (Å²) in [5.74, 6) is -1.63. The van der Waals surface area contributed by atoms with Crippen LogP contribution in [0.4, 0.5) is 4.39 Å². The van der Waals surface area contributed by atoms with Crippen molar-refractivity contribution in [3.05, 3.63) is 70.5 Å². The first-order chi connectivity index (χ1) is 13.0. The van der Waals surface area contributed by atoms with E-state index in [1.807, 2.05) is 0 Å². The van der Waals surface area contributed by atoms with Gasteiger partial charge in [-0.25, -0.2) is 9.18 Å². The number of nitrogens with one attached hydrogen (secondary N) is 2. The molecule has 2 aromatic carbocycles. The highest BCUT2D eigenvalue weighted by Gasteiger charge is 2.10. The van der Waals surface area contributed by atoms with Crippen molar-refractivity contribution in [1.82, 2.24) is 15.4 Å². The Labute approximate surface area is 153 Å². The second-order valence-corrected chi connectivity index (χ2v) is 5.99. The number of amides is 2. The molecule has 140 valence electrons. The maximum absolute atomic E-state index is 12.8. The molecule has 0 aliphatic rings. The van der Waals surface area contributed by atoms with Crippen molar-refractivity contribution in [3.63, 3.8) is 0 Å². The largest absolute Gasteiger partial charge is 0.419 e. The van der Waals surface area contributed by atoms with Gasteiger partial charge in [-0.3, -0.25) is 25.0 Å². The van der Waals surface area contributed by atoms with Crippen LogP contribution in [0.2, 0.25) is 0 Å². The zero-order valence-electron chi connectivity index (χ0n) is 14.4. The zero-order valence-corrected chi connectivity index (χ0v) is 14.4. The fraction of sp³-hybridized carbons (Fsp3) is 0.211. The number of carbonyl (C=O) groups excluding carboxylic acids is 2. The lowest BCUT2D eigenvalue weighted by atomic mass is 10.1. The molecule has 3 aromatic rings. The van der Waals surface area contributed by atoms with Gasteiger partial charge in [-0.2, -0.15) is 0 Å². The SMILES string of the molecule is O=C(CCCn1c(=O)oc2ccccc21)NNC(=O)Cc1ccc(F)cc1. The number of fused-ring (bicyclic) bond motifs is 1. The molecule has 2 N–H and O–H groups in total. The first-order valence-corrected chi connectivity index (χ1v) is 8.43. The Morgan fingerprint density at radius 1 is 1.00 bits per heavy atom. The minimum absolute atomic E-state index is 0.0248. The second-order valence-electron chi connectivity index (χ2n) is 5.99. The normalized spacial score (nSPS) is 10.7. The third-order valence-corrected chi connectivity index (χ3v) is 3.98. The molecular weight excluding hydrogens is 353 g/mol. The quantitative estimate of drug-likeness (QED) is 0.647. The Morgan fingerprint density at radius 2 is 1.70 bits per heavy atom. The average Bonchev–Trinajstić information content (AvgIpc) is 2.97. The van der Waals surface area contributed by atoms with Crippen molar-refractivity contribution >= 4 is 22.9 Å². The summed E-state index contributed by atoms with van der Waals surface area (Å²) in [4.78, 5) is 35.5. The van der Waals surface area contributed by atoms with Crippen LogP contribution in [-0.4, -0.2) is 16.4 Å². The predicted octanol–water partition coefficient (Wildman–Crippen LogP) is 1.90. The Morgan fingerprint density at radius 3 is 2.48 bits per heavy atom. The van der Waals surface area contributed by atoms with Crippen molar-refractivity contribution in [2.45, 2.75) is 25.8 Å². The van der Waals surface area contributed by atoms with E-state index < -0.39 is 11.7 Å². The van der Waals surface area contributed by atoms with E-state index in [9.17, 15) is 18.8 Å². The minimum Gasteiger partial charge on any atom is -0.408 e. The summed E-state index contributed by atoms with van der Waals surface area (Å²) in [6.07, 6.45) is 0.558. The van der Waals surface area contributed by atoms with Gasteiger partial charge in [0, 0.05) is 13.0 Å². The first kappa shape index (κ1) is 18.4. The van der Waals surface area contributed by atoms with Crippen molar-refractivity contribution in [2.24, 2.45) is 0 Å². The third-order valence-electron chi connectivity index (χ3n) is 3.98. The molecule has 0 atom stereocenters. The summed E-state index contributed by atoms with van der Waals surface area (Å²) < 4.78 is 19.4. The van der Waals surface area contributed by atoms with Gasteiger partial charge in [0.1, 0.15) is 5.82 Å². The molecule has 0 aliphatic heterocycles. The van der Waals surface area contributed by atoms with Crippen LogP contribution in [0, 0.1) is 5.82 Å². The van der Waals surface area contributed by atoms with E-state index >= 15 is 0 Å². The lowest BCUT2D eigenvalue weighted by Gasteiger charge is -2.08. The predicted molar refractivity (Wildman–Crippen MR) is 96.1 cm³/mol. The number of benzene rings is 2. The molecule has 2 amide bonds. The van der Waals surface area contributed by atoms with Crippen molar-refractivity contribution in [2.75, 3.05) is 0 Å². The number of rotatable bonds is 6. The second kappa shape index (κ2) is 8.31. The van der Waals surface area contributed by atoms with Crippen LogP contribution in [0.25, 0.3) is 11.1 Å². The van der Waals surface area contributed by atoms with E-state index in [4.69, 9.17) is 4.42 Å². The van der Waals surface area contributed by atoms with E-state index in [-0.39, 0.29) is 24.6 Å². The van der Waals surface area contributed by atoms with Gasteiger partial charge in [-0.05, 0) is 36.2 Å². The molecule has 0 unspecified atom stereocenters. The van der Waals surface area contributed by atoms with Gasteiger partial charge in [0.2, 0.25) is 11.8 Å². The van der Waals surface area contributed by atoms with E-state index in [2.05, 4.69) is 10.9 Å². The maximum atomic E-state index is 12.8. The number of para-hydroxylation sites is 2. The van der Waals surface area contributed by atoms with Crippen molar-refractivity contribution in [1.29, 1.82) is 0 Å². The lowest BCUT2D eigenvalue weighted by molar-refractivity contribution is -0.128. The Balaban J connectivity index is 1.43. The fourth-order valence-electron chi connectivity index (χ4n) is 2.66. The van der Waals surface area contributed by atoms with E-state index in [1.54, 1.807) is 24.3 Å². The molecular formula is C19H18FN3O4. The van der Waals surface area contributed by atoms with E-state index in [1.165, 1.54) is 28.8 Å².